The highest BCUT2D eigenvalue weighted by atomic mass is 79.9. The number of halogens is 1. The SMILES string of the molecule is COc1cc2c(cc1[N+](=O)[O-])C(=O)N(CCCBr)[C@@H]1c3cc4c(cc3C(=O)[C@H]21)OCO4. The molecule has 2 aliphatic heterocycles. The predicted octanol–water partition coefficient (Wildman–Crippen LogP) is 3.59. The number of ether oxygens (including phenoxy) is 3. The number of alkyl halides is 1. The molecule has 0 aromatic heterocycles. The van der Waals surface area contributed by atoms with Crippen LogP contribution in [0.25, 0.3) is 0 Å². The number of hydrogen-bond donors (Lipinski definition) is 0. The molecule has 0 fully saturated rings. The maximum Gasteiger partial charge on any atom is 0.311 e. The van der Waals surface area contributed by atoms with Crippen molar-refractivity contribution in [2.24, 2.45) is 0 Å². The van der Waals surface area contributed by atoms with E-state index in [1.165, 1.54) is 19.2 Å². The van der Waals surface area contributed by atoms with Gasteiger partial charge >= 0.3 is 5.69 Å². The Balaban J connectivity index is 1.73. The minimum absolute atomic E-state index is 0.0159. The van der Waals surface area contributed by atoms with Gasteiger partial charge < -0.3 is 19.1 Å². The van der Waals surface area contributed by atoms with E-state index in [4.69, 9.17) is 14.2 Å². The summed E-state index contributed by atoms with van der Waals surface area (Å²) in [5, 5.41) is 12.2. The number of amides is 1. The van der Waals surface area contributed by atoms with Crippen molar-refractivity contribution in [1.29, 1.82) is 0 Å². The van der Waals surface area contributed by atoms with Crippen molar-refractivity contribution in [3.8, 4) is 17.2 Å². The molecule has 0 unspecified atom stereocenters. The lowest BCUT2D eigenvalue weighted by Gasteiger charge is -2.38. The molecule has 31 heavy (non-hydrogen) atoms. The topological polar surface area (TPSA) is 108 Å². The fraction of sp³-hybridized carbons (Fsp3) is 0.333. The van der Waals surface area contributed by atoms with Gasteiger partial charge in [0.05, 0.1) is 29.6 Å². The van der Waals surface area contributed by atoms with Crippen LogP contribution in [0.1, 0.15) is 50.2 Å². The lowest BCUT2D eigenvalue weighted by Crippen LogP contribution is -2.42. The molecule has 160 valence electrons. The van der Waals surface area contributed by atoms with Gasteiger partial charge in [-0.1, -0.05) is 15.9 Å². The van der Waals surface area contributed by atoms with Crippen molar-refractivity contribution in [1.82, 2.24) is 4.90 Å². The highest BCUT2D eigenvalue weighted by molar-refractivity contribution is 9.09. The first-order valence-corrected chi connectivity index (χ1v) is 10.8. The maximum absolute atomic E-state index is 13.5. The number of methoxy groups -OCH3 is 1. The molecule has 0 radical (unpaired) electrons. The molecule has 1 amide bonds. The monoisotopic (exact) mass is 488 g/mol. The number of fused-ring (bicyclic) bond motifs is 6. The number of carbonyl (C=O) groups excluding carboxylic acids is 2. The van der Waals surface area contributed by atoms with Crippen LogP contribution >= 0.6 is 15.9 Å². The number of rotatable bonds is 5. The van der Waals surface area contributed by atoms with Crippen LogP contribution in [-0.2, 0) is 0 Å². The standard InChI is InChI=1S/C21H17BrN2O7/c1-29-15-6-10-13(5-14(15)24(27)28)21(26)23(4-2-3-22)19-11-7-16-17(31-9-30-16)8-12(11)20(25)18(10)19/h5-8,18-19H,2-4,9H2,1H3/t18-,19-/m1/s1. The Kier molecular flexibility index (Phi) is 4.62. The Morgan fingerprint density at radius 2 is 1.90 bits per heavy atom. The van der Waals surface area contributed by atoms with E-state index in [1.54, 1.807) is 17.0 Å². The van der Waals surface area contributed by atoms with Gasteiger partial charge in [-0.25, -0.2) is 0 Å². The molecule has 2 aromatic carbocycles. The first-order valence-electron chi connectivity index (χ1n) is 9.67. The van der Waals surface area contributed by atoms with E-state index in [1.807, 2.05) is 0 Å². The fourth-order valence-corrected chi connectivity index (χ4v) is 4.90. The summed E-state index contributed by atoms with van der Waals surface area (Å²) >= 11 is 3.39. The molecule has 10 heteroatoms. The van der Waals surface area contributed by atoms with Gasteiger partial charge in [-0.3, -0.25) is 19.7 Å². The number of benzene rings is 2. The minimum Gasteiger partial charge on any atom is -0.490 e. The summed E-state index contributed by atoms with van der Waals surface area (Å²) in [6, 6.07) is 5.57. The Hall–Kier alpha value is -3.14. The van der Waals surface area contributed by atoms with E-state index in [0.29, 0.717) is 46.5 Å². The lowest BCUT2D eigenvalue weighted by atomic mass is 9.82. The number of nitro groups is 1. The number of hydrogen-bond acceptors (Lipinski definition) is 7. The first-order chi connectivity index (χ1) is 15.0. The van der Waals surface area contributed by atoms with E-state index in [2.05, 4.69) is 15.9 Å². The molecular weight excluding hydrogens is 472 g/mol. The third-order valence-electron chi connectivity index (χ3n) is 5.97. The summed E-state index contributed by atoms with van der Waals surface area (Å²) in [4.78, 5) is 39.5. The molecule has 9 nitrogen and oxygen atoms in total. The smallest absolute Gasteiger partial charge is 0.311 e. The number of ketones is 1. The summed E-state index contributed by atoms with van der Waals surface area (Å²) < 4.78 is 16.1. The molecule has 5 rings (SSSR count). The average molecular weight is 489 g/mol. The van der Waals surface area contributed by atoms with E-state index < -0.39 is 16.9 Å². The van der Waals surface area contributed by atoms with Crippen LogP contribution in [0, 0.1) is 10.1 Å². The summed E-state index contributed by atoms with van der Waals surface area (Å²) in [7, 11) is 1.32. The molecule has 2 aromatic rings. The van der Waals surface area contributed by atoms with Crippen molar-refractivity contribution < 1.29 is 28.7 Å². The predicted molar refractivity (Wildman–Crippen MR) is 111 cm³/mol. The van der Waals surface area contributed by atoms with Gasteiger partial charge in [0.15, 0.2) is 23.0 Å². The van der Waals surface area contributed by atoms with E-state index in [9.17, 15) is 19.7 Å². The molecule has 2 heterocycles. The van der Waals surface area contributed by atoms with Gasteiger partial charge in [0, 0.05) is 23.5 Å². The van der Waals surface area contributed by atoms with Crippen LogP contribution in [0.15, 0.2) is 24.3 Å². The van der Waals surface area contributed by atoms with Crippen LogP contribution < -0.4 is 14.2 Å². The molecule has 0 spiro atoms. The molecule has 1 aliphatic carbocycles. The van der Waals surface area contributed by atoms with Crippen LogP contribution in [0.5, 0.6) is 17.2 Å². The van der Waals surface area contributed by atoms with Gasteiger partial charge in [-0.2, -0.15) is 0 Å². The molecule has 0 saturated heterocycles. The Morgan fingerprint density at radius 1 is 1.16 bits per heavy atom. The summed E-state index contributed by atoms with van der Waals surface area (Å²) in [6.45, 7) is 0.474. The fourth-order valence-electron chi connectivity index (χ4n) is 4.65. The highest BCUT2D eigenvalue weighted by Gasteiger charge is 2.51. The molecule has 0 saturated carbocycles. The lowest BCUT2D eigenvalue weighted by molar-refractivity contribution is -0.385. The quantitative estimate of drug-likeness (QED) is 0.359. The van der Waals surface area contributed by atoms with Crippen molar-refractivity contribution in [2.45, 2.75) is 18.4 Å². The Labute approximate surface area is 185 Å². The number of nitrogens with zero attached hydrogens (tertiary/aromatic N) is 2. The van der Waals surface area contributed by atoms with E-state index in [-0.39, 0.29) is 35.5 Å². The molecule has 3 aliphatic rings. The zero-order valence-electron chi connectivity index (χ0n) is 16.4. The normalized spacial score (nSPS) is 20.4. The summed E-state index contributed by atoms with van der Waals surface area (Å²) in [5.74, 6) is -0.150. The molecular formula is C21H17BrN2O7. The second kappa shape index (κ2) is 7.23. The van der Waals surface area contributed by atoms with Gasteiger partial charge in [0.2, 0.25) is 6.79 Å². The average Bonchev–Trinajstić information content (AvgIpc) is 3.33. The second-order valence-electron chi connectivity index (χ2n) is 7.49. The van der Waals surface area contributed by atoms with E-state index >= 15 is 0 Å². The molecule has 0 bridgehead atoms. The third kappa shape index (κ3) is 2.81. The van der Waals surface area contributed by atoms with Crippen molar-refractivity contribution in [2.75, 3.05) is 25.8 Å². The van der Waals surface area contributed by atoms with Gasteiger partial charge in [-0.15, -0.1) is 0 Å². The number of carbonyl (C=O) groups is 2. The minimum atomic E-state index is -0.685. The highest BCUT2D eigenvalue weighted by Crippen LogP contribution is 2.54. The Morgan fingerprint density at radius 3 is 2.58 bits per heavy atom. The first kappa shape index (κ1) is 19.8. The van der Waals surface area contributed by atoms with Crippen LogP contribution in [-0.4, -0.2) is 47.3 Å². The largest absolute Gasteiger partial charge is 0.490 e. The number of nitro benzene ring substituents is 1. The Bertz CT molecular complexity index is 1150. The zero-order valence-corrected chi connectivity index (χ0v) is 18.0. The summed E-state index contributed by atoms with van der Waals surface area (Å²) in [5.41, 5.74) is 1.46. The van der Waals surface area contributed by atoms with Crippen LogP contribution in [0.4, 0.5) is 5.69 Å². The molecule has 2 atom stereocenters. The van der Waals surface area contributed by atoms with Gasteiger partial charge in [-0.05, 0) is 35.7 Å². The van der Waals surface area contributed by atoms with Crippen LogP contribution in [0.2, 0.25) is 0 Å². The van der Waals surface area contributed by atoms with Crippen molar-refractivity contribution in [3.05, 3.63) is 56.6 Å². The third-order valence-corrected chi connectivity index (χ3v) is 6.53. The van der Waals surface area contributed by atoms with Gasteiger partial charge in [0.25, 0.3) is 5.91 Å². The zero-order chi connectivity index (χ0) is 21.9. The van der Waals surface area contributed by atoms with Gasteiger partial charge in [0.1, 0.15) is 0 Å². The number of Topliss-reactive ketones (excluding diaryl/α,β-unsaturated/α-hetero) is 1. The van der Waals surface area contributed by atoms with Crippen LogP contribution in [0.3, 0.4) is 0 Å². The molecule has 0 N–H and O–H groups in total. The maximum atomic E-state index is 13.5. The second-order valence-corrected chi connectivity index (χ2v) is 8.28. The summed E-state index contributed by atoms with van der Waals surface area (Å²) in [6.07, 6.45) is 0.663. The van der Waals surface area contributed by atoms with Crippen molar-refractivity contribution in [3.63, 3.8) is 0 Å². The van der Waals surface area contributed by atoms with Crippen molar-refractivity contribution >= 4 is 33.3 Å². The van der Waals surface area contributed by atoms with E-state index in [0.717, 1.165) is 0 Å².